The third-order valence-electron chi connectivity index (χ3n) is 1.92. The van der Waals surface area contributed by atoms with Crippen molar-refractivity contribution in [3.63, 3.8) is 0 Å². The van der Waals surface area contributed by atoms with Gasteiger partial charge in [0.2, 0.25) is 0 Å². The third-order valence-corrected chi connectivity index (χ3v) is 1.92. The van der Waals surface area contributed by atoms with Gasteiger partial charge in [-0.2, -0.15) is 0 Å². The Kier molecular flexibility index (Phi) is 3.19. The van der Waals surface area contributed by atoms with Crippen LogP contribution in [0.15, 0.2) is 0 Å². The number of hydrogen-bond acceptors (Lipinski definition) is 7. The third kappa shape index (κ3) is 1.97. The second-order valence-corrected chi connectivity index (χ2v) is 2.88. The lowest BCUT2D eigenvalue weighted by atomic mass is 9.99. The number of rotatable bonds is 1. The second-order valence-electron chi connectivity index (χ2n) is 2.88. The van der Waals surface area contributed by atoms with Crippen molar-refractivity contribution in [1.82, 2.24) is 0 Å². The van der Waals surface area contributed by atoms with Gasteiger partial charge in [-0.25, -0.2) is 0 Å². The van der Waals surface area contributed by atoms with Crippen molar-refractivity contribution < 1.29 is 35.4 Å². The summed E-state index contributed by atoms with van der Waals surface area (Å²) in [7, 11) is 0. The van der Waals surface area contributed by atoms with Gasteiger partial charge in [-0.1, -0.05) is 0 Å². The maximum Gasteiger partial charge on any atom is 0.184 e. The van der Waals surface area contributed by atoms with Gasteiger partial charge in [0, 0.05) is 0 Å². The highest BCUT2D eigenvalue weighted by Crippen LogP contribution is 2.21. The minimum absolute atomic E-state index is 1.53. The quantitative estimate of drug-likeness (QED) is 0.236. The van der Waals surface area contributed by atoms with Gasteiger partial charge in [0.15, 0.2) is 12.6 Å². The van der Waals surface area contributed by atoms with Gasteiger partial charge < -0.3 is 35.4 Å². The molecule has 78 valence electrons. The van der Waals surface area contributed by atoms with E-state index in [1.807, 2.05) is 0 Å². The highest BCUT2D eigenvalue weighted by atomic mass is 16.7. The first kappa shape index (κ1) is 10.8. The van der Waals surface area contributed by atoms with Gasteiger partial charge in [0.05, 0.1) is 0 Å². The van der Waals surface area contributed by atoms with Crippen molar-refractivity contribution in [2.75, 3.05) is 0 Å². The summed E-state index contributed by atoms with van der Waals surface area (Å²) < 4.78 is 4.44. The summed E-state index contributed by atoms with van der Waals surface area (Å²) in [6.45, 7) is 0. The Bertz CT molecular complexity index is 172. The Morgan fingerprint density at radius 1 is 0.846 bits per heavy atom. The molecule has 0 aromatic rings. The summed E-state index contributed by atoms with van der Waals surface area (Å²) in [5, 5.41) is 53.4. The Morgan fingerprint density at radius 3 is 1.85 bits per heavy atom. The molecular weight excluding hydrogens is 184 g/mol. The molecular formula is C6H12O7. The molecule has 1 heterocycles. The Labute approximate surface area is 73.4 Å². The van der Waals surface area contributed by atoms with Crippen LogP contribution in [-0.4, -0.2) is 67.6 Å². The molecule has 7 nitrogen and oxygen atoms in total. The molecule has 1 aliphatic rings. The van der Waals surface area contributed by atoms with Crippen LogP contribution >= 0.6 is 0 Å². The number of hydrogen-bond donors (Lipinski definition) is 6. The van der Waals surface area contributed by atoms with Gasteiger partial charge >= 0.3 is 0 Å². The zero-order chi connectivity index (χ0) is 10.2. The van der Waals surface area contributed by atoms with E-state index in [2.05, 4.69) is 4.74 Å². The van der Waals surface area contributed by atoms with Crippen LogP contribution in [0.25, 0.3) is 0 Å². The minimum atomic E-state index is -2.04. The smallest absolute Gasteiger partial charge is 0.184 e. The van der Waals surface area contributed by atoms with E-state index in [0.29, 0.717) is 0 Å². The molecule has 1 unspecified atom stereocenters. The van der Waals surface area contributed by atoms with Crippen molar-refractivity contribution in [2.24, 2.45) is 0 Å². The molecule has 0 radical (unpaired) electrons. The second kappa shape index (κ2) is 3.84. The summed E-state index contributed by atoms with van der Waals surface area (Å²) in [6.07, 6.45) is -10.3. The first-order valence-corrected chi connectivity index (χ1v) is 3.69. The largest absolute Gasteiger partial charge is 0.387 e. The molecule has 0 bridgehead atoms. The van der Waals surface area contributed by atoms with E-state index in [9.17, 15) is 0 Å². The van der Waals surface area contributed by atoms with Gasteiger partial charge in [0.1, 0.15) is 24.4 Å². The number of aliphatic hydroxyl groups excluding tert-OH is 5. The monoisotopic (exact) mass is 196 g/mol. The van der Waals surface area contributed by atoms with Crippen LogP contribution in [0, 0.1) is 0 Å². The number of ether oxygens (including phenoxy) is 1. The fourth-order valence-corrected chi connectivity index (χ4v) is 1.13. The molecule has 13 heavy (non-hydrogen) atoms. The summed E-state index contributed by atoms with van der Waals surface area (Å²) in [5.74, 6) is 0. The zero-order valence-electron chi connectivity index (χ0n) is 6.56. The van der Waals surface area contributed by atoms with E-state index >= 15 is 0 Å². The van der Waals surface area contributed by atoms with Crippen molar-refractivity contribution in [2.45, 2.75) is 37.0 Å². The van der Waals surface area contributed by atoms with Crippen LogP contribution in [-0.2, 0) is 4.74 Å². The molecule has 0 aliphatic carbocycles. The average molecular weight is 196 g/mol. The topological polar surface area (TPSA) is 131 Å². The SMILES string of the molecule is OC(O)[C@H]1OC(O)[C@H](O)[C@@H](O)[C@@H]1O. The molecule has 1 aliphatic heterocycles. The Balaban J connectivity index is 2.70. The Morgan fingerprint density at radius 2 is 1.38 bits per heavy atom. The average Bonchev–Trinajstić information content (AvgIpc) is 2.07. The van der Waals surface area contributed by atoms with Crippen molar-refractivity contribution in [3.05, 3.63) is 0 Å². The Hall–Kier alpha value is -0.280. The maximum absolute atomic E-state index is 9.13. The van der Waals surface area contributed by atoms with Crippen LogP contribution < -0.4 is 0 Å². The molecule has 0 amide bonds. The molecule has 7 heteroatoms. The molecule has 0 saturated carbocycles. The molecule has 5 atom stereocenters. The van der Waals surface area contributed by atoms with E-state index in [1.165, 1.54) is 0 Å². The van der Waals surface area contributed by atoms with Gasteiger partial charge in [-0.05, 0) is 0 Å². The fraction of sp³-hybridized carbons (Fsp3) is 1.00. The molecule has 0 aromatic heterocycles. The standard InChI is InChI=1S/C6H12O7/c7-1-2(8)4(5(10)11)13-6(12)3(1)9/h1-12H/t1-,2-,3+,4-,6?/m0/s1. The van der Waals surface area contributed by atoms with Crippen LogP contribution in [0.1, 0.15) is 0 Å². The highest BCUT2D eigenvalue weighted by molar-refractivity contribution is 4.89. The lowest BCUT2D eigenvalue weighted by Gasteiger charge is -2.38. The van der Waals surface area contributed by atoms with Crippen LogP contribution in [0.2, 0.25) is 0 Å². The van der Waals surface area contributed by atoms with E-state index < -0.39 is 37.0 Å². The molecule has 1 saturated heterocycles. The van der Waals surface area contributed by atoms with E-state index in [1.54, 1.807) is 0 Å². The van der Waals surface area contributed by atoms with Gasteiger partial charge in [-0.3, -0.25) is 0 Å². The van der Waals surface area contributed by atoms with Crippen LogP contribution in [0.3, 0.4) is 0 Å². The van der Waals surface area contributed by atoms with Crippen molar-refractivity contribution in [3.8, 4) is 0 Å². The zero-order valence-corrected chi connectivity index (χ0v) is 6.56. The molecule has 1 fully saturated rings. The van der Waals surface area contributed by atoms with E-state index in [0.717, 1.165) is 0 Å². The van der Waals surface area contributed by atoms with Gasteiger partial charge in [0.25, 0.3) is 0 Å². The maximum atomic E-state index is 9.13. The van der Waals surface area contributed by atoms with Crippen LogP contribution in [0.5, 0.6) is 0 Å². The molecule has 0 aromatic carbocycles. The minimum Gasteiger partial charge on any atom is -0.387 e. The summed E-state index contributed by atoms with van der Waals surface area (Å²) >= 11 is 0. The van der Waals surface area contributed by atoms with Crippen molar-refractivity contribution in [1.29, 1.82) is 0 Å². The highest BCUT2D eigenvalue weighted by Gasteiger charge is 2.45. The first-order valence-electron chi connectivity index (χ1n) is 3.69. The van der Waals surface area contributed by atoms with Gasteiger partial charge in [-0.15, -0.1) is 0 Å². The molecule has 6 N–H and O–H groups in total. The predicted molar refractivity (Wildman–Crippen MR) is 37.1 cm³/mol. The van der Waals surface area contributed by atoms with E-state index in [4.69, 9.17) is 30.6 Å². The summed E-state index contributed by atoms with van der Waals surface area (Å²) in [5.41, 5.74) is 0. The van der Waals surface area contributed by atoms with E-state index in [-0.39, 0.29) is 0 Å². The molecule has 0 spiro atoms. The molecule has 1 rings (SSSR count). The lowest BCUT2D eigenvalue weighted by molar-refractivity contribution is -0.317. The first-order chi connectivity index (χ1) is 5.95. The van der Waals surface area contributed by atoms with Crippen molar-refractivity contribution >= 4 is 0 Å². The summed E-state index contributed by atoms with van der Waals surface area (Å²) in [6, 6.07) is 0. The van der Waals surface area contributed by atoms with Crippen LogP contribution in [0.4, 0.5) is 0 Å². The normalized spacial score (nSPS) is 46.8. The summed E-state index contributed by atoms with van der Waals surface area (Å²) in [4.78, 5) is 0. The predicted octanol–water partition coefficient (Wildman–Crippen LogP) is -3.90. The lowest BCUT2D eigenvalue weighted by Crippen LogP contribution is -2.60. The fourth-order valence-electron chi connectivity index (χ4n) is 1.13. The number of aliphatic hydroxyl groups is 6.